The minimum absolute atomic E-state index is 0.0936. The number of hydroxylamine groups is 2. The summed E-state index contributed by atoms with van der Waals surface area (Å²) in [6.45, 7) is 2.50. The van der Waals surface area contributed by atoms with Crippen LogP contribution in [-0.4, -0.2) is 22.7 Å². The number of benzene rings is 3. The second kappa shape index (κ2) is 8.02. The molecule has 7 heteroatoms. The lowest BCUT2D eigenvalue weighted by molar-refractivity contribution is -0.0829. The van der Waals surface area contributed by atoms with E-state index in [0.29, 0.717) is 11.7 Å². The molecule has 2 heterocycles. The SMILES string of the molecule is Cc1ccc(-c2ccc3nc(N)sc3c2)cc1NC(=O)N1OCCC1c1ccccc1. The highest BCUT2D eigenvalue weighted by molar-refractivity contribution is 7.22. The van der Waals surface area contributed by atoms with Gasteiger partial charge in [0.05, 0.1) is 22.9 Å². The van der Waals surface area contributed by atoms with Crippen LogP contribution in [0.1, 0.15) is 23.6 Å². The number of urea groups is 1. The van der Waals surface area contributed by atoms with Crippen LogP contribution in [0.3, 0.4) is 0 Å². The van der Waals surface area contributed by atoms with Gasteiger partial charge in [0, 0.05) is 12.1 Å². The first-order valence-corrected chi connectivity index (χ1v) is 11.0. The summed E-state index contributed by atoms with van der Waals surface area (Å²) in [6.07, 6.45) is 0.772. The topological polar surface area (TPSA) is 80.5 Å². The maximum Gasteiger partial charge on any atom is 0.346 e. The van der Waals surface area contributed by atoms with Crippen molar-refractivity contribution in [3.05, 3.63) is 77.9 Å². The molecule has 1 fully saturated rings. The average molecular weight is 431 g/mol. The van der Waals surface area contributed by atoms with Crippen LogP contribution >= 0.6 is 11.3 Å². The first-order chi connectivity index (χ1) is 15.1. The van der Waals surface area contributed by atoms with Gasteiger partial charge in [-0.15, -0.1) is 0 Å². The zero-order valence-electron chi connectivity index (χ0n) is 17.0. The molecular formula is C24H22N4O2S. The van der Waals surface area contributed by atoms with Crippen molar-refractivity contribution in [3.8, 4) is 11.1 Å². The molecule has 0 spiro atoms. The number of carbonyl (C=O) groups excluding carboxylic acids is 1. The van der Waals surface area contributed by atoms with Crippen LogP contribution in [0.2, 0.25) is 0 Å². The van der Waals surface area contributed by atoms with Crippen molar-refractivity contribution in [2.75, 3.05) is 17.7 Å². The van der Waals surface area contributed by atoms with Gasteiger partial charge in [-0.2, -0.15) is 5.06 Å². The number of nitrogens with zero attached hydrogens (tertiary/aromatic N) is 2. The number of hydrogen-bond donors (Lipinski definition) is 2. The summed E-state index contributed by atoms with van der Waals surface area (Å²) in [4.78, 5) is 23.0. The Morgan fingerprint density at radius 1 is 1.13 bits per heavy atom. The molecule has 1 aliphatic heterocycles. The molecule has 0 saturated carbocycles. The molecule has 6 nitrogen and oxygen atoms in total. The molecule has 3 N–H and O–H groups in total. The summed E-state index contributed by atoms with van der Waals surface area (Å²) in [5, 5.41) is 5.05. The molecule has 156 valence electrons. The highest BCUT2D eigenvalue weighted by Crippen LogP contribution is 2.33. The minimum atomic E-state index is -0.266. The van der Waals surface area contributed by atoms with Gasteiger partial charge < -0.3 is 11.1 Å². The number of rotatable bonds is 3. The van der Waals surface area contributed by atoms with Crippen molar-refractivity contribution in [1.29, 1.82) is 0 Å². The Kier molecular flexibility index (Phi) is 5.05. The van der Waals surface area contributed by atoms with Gasteiger partial charge in [0.25, 0.3) is 0 Å². The van der Waals surface area contributed by atoms with E-state index >= 15 is 0 Å². The molecule has 2 amide bonds. The second-order valence-electron chi connectivity index (χ2n) is 7.57. The molecule has 1 saturated heterocycles. The molecule has 0 radical (unpaired) electrons. The van der Waals surface area contributed by atoms with Gasteiger partial charge in [-0.25, -0.2) is 9.78 Å². The lowest BCUT2D eigenvalue weighted by Crippen LogP contribution is -2.33. The summed E-state index contributed by atoms with van der Waals surface area (Å²) in [5.41, 5.74) is 11.6. The Bertz CT molecular complexity index is 1260. The van der Waals surface area contributed by atoms with Crippen molar-refractivity contribution in [2.45, 2.75) is 19.4 Å². The summed E-state index contributed by atoms with van der Waals surface area (Å²) in [6, 6.07) is 21.7. The van der Waals surface area contributed by atoms with Crippen molar-refractivity contribution in [1.82, 2.24) is 10.0 Å². The third kappa shape index (κ3) is 3.85. The Hall–Kier alpha value is -3.42. The van der Waals surface area contributed by atoms with Crippen LogP contribution in [-0.2, 0) is 4.84 Å². The van der Waals surface area contributed by atoms with Crippen LogP contribution in [0.15, 0.2) is 66.7 Å². The fourth-order valence-electron chi connectivity index (χ4n) is 3.88. The predicted octanol–water partition coefficient (Wildman–Crippen LogP) is 5.76. The van der Waals surface area contributed by atoms with Crippen LogP contribution in [0.4, 0.5) is 15.6 Å². The van der Waals surface area contributed by atoms with Gasteiger partial charge in [0.1, 0.15) is 0 Å². The van der Waals surface area contributed by atoms with Gasteiger partial charge in [0.15, 0.2) is 5.13 Å². The molecule has 5 rings (SSSR count). The standard InChI is InChI=1S/C24H22N4O2S/c1-15-7-8-17(18-9-10-19-22(14-18)31-23(25)26-19)13-20(15)27-24(29)28-21(11-12-30-28)16-5-3-2-4-6-16/h2-10,13-14,21H,11-12H2,1H3,(H2,25,26)(H,27,29). The predicted molar refractivity (Wildman–Crippen MR) is 125 cm³/mol. The number of nitrogens with one attached hydrogen (secondary N) is 1. The number of nitrogens with two attached hydrogens (primary N) is 1. The number of hydrogen-bond acceptors (Lipinski definition) is 5. The maximum absolute atomic E-state index is 13.0. The second-order valence-corrected chi connectivity index (χ2v) is 8.63. The van der Waals surface area contributed by atoms with Crippen LogP contribution in [0, 0.1) is 6.92 Å². The Morgan fingerprint density at radius 2 is 1.90 bits per heavy atom. The van der Waals surface area contributed by atoms with E-state index in [0.717, 1.165) is 44.6 Å². The third-order valence-electron chi connectivity index (χ3n) is 5.51. The number of nitrogen functional groups attached to an aromatic ring is 1. The molecule has 1 unspecified atom stereocenters. The smallest absolute Gasteiger partial charge is 0.346 e. The summed E-state index contributed by atoms with van der Waals surface area (Å²) < 4.78 is 1.04. The molecule has 1 aliphatic rings. The fourth-order valence-corrected chi connectivity index (χ4v) is 4.65. The van der Waals surface area contributed by atoms with Gasteiger partial charge in [0.2, 0.25) is 0 Å². The van der Waals surface area contributed by atoms with Crippen molar-refractivity contribution >= 4 is 38.4 Å². The molecule has 0 bridgehead atoms. The number of aryl methyl sites for hydroxylation is 1. The molecule has 3 aromatic carbocycles. The summed E-state index contributed by atoms with van der Waals surface area (Å²) >= 11 is 1.47. The van der Waals surface area contributed by atoms with Gasteiger partial charge in [-0.3, -0.25) is 4.84 Å². The largest absolute Gasteiger partial charge is 0.375 e. The number of fused-ring (bicyclic) bond motifs is 1. The van der Waals surface area contributed by atoms with Crippen LogP contribution in [0.25, 0.3) is 21.3 Å². The van der Waals surface area contributed by atoms with E-state index in [1.165, 1.54) is 16.4 Å². The van der Waals surface area contributed by atoms with E-state index in [2.05, 4.69) is 22.4 Å². The highest BCUT2D eigenvalue weighted by Gasteiger charge is 2.32. The Morgan fingerprint density at radius 3 is 2.74 bits per heavy atom. The fraction of sp³-hybridized carbons (Fsp3) is 0.167. The number of anilines is 2. The number of carbonyl (C=O) groups is 1. The lowest BCUT2D eigenvalue weighted by Gasteiger charge is -2.23. The summed E-state index contributed by atoms with van der Waals surface area (Å²) in [7, 11) is 0. The lowest BCUT2D eigenvalue weighted by atomic mass is 10.0. The zero-order chi connectivity index (χ0) is 21.4. The highest BCUT2D eigenvalue weighted by atomic mass is 32.1. The monoisotopic (exact) mass is 430 g/mol. The van der Waals surface area contributed by atoms with Crippen LogP contribution < -0.4 is 11.1 Å². The molecule has 31 heavy (non-hydrogen) atoms. The van der Waals surface area contributed by atoms with Gasteiger partial charge in [-0.05, 0) is 47.4 Å². The van der Waals surface area contributed by atoms with E-state index in [1.807, 2.05) is 61.5 Å². The number of amides is 2. The quantitative estimate of drug-likeness (QED) is 0.433. The first-order valence-electron chi connectivity index (χ1n) is 10.1. The average Bonchev–Trinajstić information content (AvgIpc) is 3.41. The molecule has 1 atom stereocenters. The molecule has 1 aromatic heterocycles. The minimum Gasteiger partial charge on any atom is -0.375 e. The van der Waals surface area contributed by atoms with Crippen LogP contribution in [0.5, 0.6) is 0 Å². The maximum atomic E-state index is 13.0. The van der Waals surface area contributed by atoms with Gasteiger partial charge >= 0.3 is 6.03 Å². The normalized spacial score (nSPS) is 16.0. The Labute approximate surface area is 184 Å². The van der Waals surface area contributed by atoms with E-state index in [4.69, 9.17) is 10.6 Å². The van der Waals surface area contributed by atoms with Gasteiger partial charge in [-0.1, -0.05) is 59.9 Å². The van der Waals surface area contributed by atoms with E-state index in [-0.39, 0.29) is 12.1 Å². The van der Waals surface area contributed by atoms with E-state index < -0.39 is 0 Å². The first kappa shape index (κ1) is 19.5. The summed E-state index contributed by atoms with van der Waals surface area (Å²) in [5.74, 6) is 0. The molecule has 4 aromatic rings. The number of aromatic nitrogens is 1. The van der Waals surface area contributed by atoms with Crippen molar-refractivity contribution < 1.29 is 9.63 Å². The van der Waals surface area contributed by atoms with Crippen molar-refractivity contribution in [2.24, 2.45) is 0 Å². The van der Waals surface area contributed by atoms with E-state index in [1.54, 1.807) is 0 Å². The molecule has 0 aliphatic carbocycles. The third-order valence-corrected chi connectivity index (χ3v) is 6.35. The Balaban J connectivity index is 1.40. The van der Waals surface area contributed by atoms with E-state index in [9.17, 15) is 4.79 Å². The van der Waals surface area contributed by atoms with Crippen molar-refractivity contribution in [3.63, 3.8) is 0 Å². The number of thiazole rings is 1. The zero-order valence-corrected chi connectivity index (χ0v) is 17.9. The molecular weight excluding hydrogens is 408 g/mol.